The number of aromatic nitrogens is 3. The number of terminal acetylenes is 1. The van der Waals surface area contributed by atoms with Gasteiger partial charge in [-0.15, -0.1) is 6.42 Å². The van der Waals surface area contributed by atoms with E-state index in [1.807, 2.05) is 66.2 Å². The van der Waals surface area contributed by atoms with Crippen LogP contribution in [0.25, 0.3) is 28.2 Å². The number of fused-ring (bicyclic) bond motifs is 1. The van der Waals surface area contributed by atoms with E-state index in [0.717, 1.165) is 39.5 Å². The van der Waals surface area contributed by atoms with Crippen molar-refractivity contribution in [1.29, 1.82) is 0 Å². The summed E-state index contributed by atoms with van der Waals surface area (Å²) in [6, 6.07) is 13.7. The van der Waals surface area contributed by atoms with Crippen LogP contribution in [-0.2, 0) is 0 Å². The largest absolute Gasteiger partial charge is 0.360 e. The number of hydrogen-bond acceptors (Lipinski definition) is 3. The lowest BCUT2D eigenvalue weighted by Crippen LogP contribution is -1.83. The van der Waals surface area contributed by atoms with Gasteiger partial charge in [0.25, 0.3) is 0 Å². The van der Waals surface area contributed by atoms with Crippen LogP contribution >= 0.6 is 0 Å². The average Bonchev–Trinajstić information content (AvgIpc) is 3.17. The molecule has 0 fully saturated rings. The summed E-state index contributed by atoms with van der Waals surface area (Å²) in [7, 11) is 0. The Morgan fingerprint density at radius 2 is 2.00 bits per heavy atom. The fourth-order valence-electron chi connectivity index (χ4n) is 2.66. The van der Waals surface area contributed by atoms with Crippen molar-refractivity contribution in [2.45, 2.75) is 6.92 Å². The van der Waals surface area contributed by atoms with Gasteiger partial charge in [0.1, 0.15) is 17.1 Å². The minimum Gasteiger partial charge on any atom is -0.360 e. The maximum absolute atomic E-state index is 5.45. The summed E-state index contributed by atoms with van der Waals surface area (Å²) in [6.45, 7) is 1.89. The SMILES string of the molecule is C#Cc1ccn2cc(-c3c(-c4ccccc4)noc3C)nc2c1. The molecule has 0 bridgehead atoms. The molecule has 4 heteroatoms. The third-order valence-electron chi connectivity index (χ3n) is 3.79. The van der Waals surface area contributed by atoms with Crippen molar-refractivity contribution < 1.29 is 4.52 Å². The Hall–Kier alpha value is -3.32. The highest BCUT2D eigenvalue weighted by atomic mass is 16.5. The van der Waals surface area contributed by atoms with Crippen molar-refractivity contribution in [2.75, 3.05) is 0 Å². The number of nitrogens with zero attached hydrogens (tertiary/aromatic N) is 3. The zero-order valence-corrected chi connectivity index (χ0v) is 12.5. The van der Waals surface area contributed by atoms with E-state index >= 15 is 0 Å². The number of aryl methyl sites for hydroxylation is 1. The van der Waals surface area contributed by atoms with Crippen molar-refractivity contribution in [2.24, 2.45) is 0 Å². The van der Waals surface area contributed by atoms with Gasteiger partial charge in [-0.1, -0.05) is 41.4 Å². The first-order valence-corrected chi connectivity index (χ1v) is 7.23. The topological polar surface area (TPSA) is 43.3 Å². The molecule has 23 heavy (non-hydrogen) atoms. The summed E-state index contributed by atoms with van der Waals surface area (Å²) in [5, 5.41) is 4.21. The summed E-state index contributed by atoms with van der Waals surface area (Å²) in [5.41, 5.74) is 5.12. The zero-order valence-electron chi connectivity index (χ0n) is 12.5. The number of imidazole rings is 1. The molecule has 3 heterocycles. The predicted octanol–water partition coefficient (Wildman–Crippen LogP) is 3.95. The van der Waals surface area contributed by atoms with E-state index < -0.39 is 0 Å². The molecule has 0 aliphatic heterocycles. The molecular weight excluding hydrogens is 286 g/mol. The Kier molecular flexibility index (Phi) is 2.99. The van der Waals surface area contributed by atoms with E-state index in [1.165, 1.54) is 0 Å². The maximum atomic E-state index is 5.45. The van der Waals surface area contributed by atoms with Gasteiger partial charge in [-0.05, 0) is 19.1 Å². The van der Waals surface area contributed by atoms with Crippen LogP contribution < -0.4 is 0 Å². The second-order valence-electron chi connectivity index (χ2n) is 5.28. The molecule has 0 aliphatic carbocycles. The Labute approximate surface area is 133 Å². The zero-order chi connectivity index (χ0) is 15.8. The summed E-state index contributed by atoms with van der Waals surface area (Å²) in [6.07, 6.45) is 9.32. The van der Waals surface area contributed by atoms with E-state index in [0.29, 0.717) is 0 Å². The lowest BCUT2D eigenvalue weighted by atomic mass is 10.0. The fourth-order valence-corrected chi connectivity index (χ4v) is 2.66. The molecular formula is C19H13N3O. The van der Waals surface area contributed by atoms with Crippen LogP contribution in [0.15, 0.2) is 59.4 Å². The van der Waals surface area contributed by atoms with Crippen LogP contribution in [0.4, 0.5) is 0 Å². The number of benzene rings is 1. The first-order chi connectivity index (χ1) is 11.3. The monoisotopic (exact) mass is 299 g/mol. The lowest BCUT2D eigenvalue weighted by Gasteiger charge is -1.98. The second-order valence-corrected chi connectivity index (χ2v) is 5.28. The van der Waals surface area contributed by atoms with E-state index in [9.17, 15) is 0 Å². The fraction of sp³-hybridized carbons (Fsp3) is 0.0526. The van der Waals surface area contributed by atoms with Crippen LogP contribution in [0.1, 0.15) is 11.3 Å². The van der Waals surface area contributed by atoms with Gasteiger partial charge in [0, 0.05) is 23.5 Å². The molecule has 0 aliphatic rings. The Morgan fingerprint density at radius 1 is 1.17 bits per heavy atom. The van der Waals surface area contributed by atoms with Crippen molar-refractivity contribution in [3.8, 4) is 34.9 Å². The van der Waals surface area contributed by atoms with Gasteiger partial charge in [-0.3, -0.25) is 0 Å². The second kappa shape index (κ2) is 5.15. The smallest absolute Gasteiger partial charge is 0.143 e. The molecule has 0 unspecified atom stereocenters. The predicted molar refractivity (Wildman–Crippen MR) is 88.8 cm³/mol. The molecule has 3 aromatic heterocycles. The average molecular weight is 299 g/mol. The lowest BCUT2D eigenvalue weighted by molar-refractivity contribution is 0.400. The van der Waals surface area contributed by atoms with Crippen molar-refractivity contribution in [3.63, 3.8) is 0 Å². The van der Waals surface area contributed by atoms with Gasteiger partial charge in [-0.2, -0.15) is 0 Å². The molecule has 110 valence electrons. The van der Waals surface area contributed by atoms with Crippen molar-refractivity contribution in [3.05, 3.63) is 66.2 Å². The van der Waals surface area contributed by atoms with E-state index in [2.05, 4.69) is 16.1 Å². The summed E-state index contributed by atoms with van der Waals surface area (Å²) < 4.78 is 7.36. The van der Waals surface area contributed by atoms with Crippen LogP contribution in [0.5, 0.6) is 0 Å². The summed E-state index contributed by atoms with van der Waals surface area (Å²) in [4.78, 5) is 4.68. The molecule has 0 saturated carbocycles. The van der Waals surface area contributed by atoms with Crippen molar-refractivity contribution in [1.82, 2.24) is 14.5 Å². The number of pyridine rings is 1. The molecule has 4 aromatic rings. The van der Waals surface area contributed by atoms with Gasteiger partial charge in [-0.25, -0.2) is 4.98 Å². The third kappa shape index (κ3) is 2.19. The molecule has 4 rings (SSSR count). The van der Waals surface area contributed by atoms with Crippen molar-refractivity contribution >= 4 is 5.65 Å². The highest BCUT2D eigenvalue weighted by molar-refractivity contribution is 5.80. The summed E-state index contributed by atoms with van der Waals surface area (Å²) >= 11 is 0. The third-order valence-corrected chi connectivity index (χ3v) is 3.79. The normalized spacial score (nSPS) is 10.8. The van der Waals surface area contributed by atoms with Crippen LogP contribution in [0.2, 0.25) is 0 Å². The summed E-state index contributed by atoms with van der Waals surface area (Å²) in [5.74, 6) is 3.37. The van der Waals surface area contributed by atoms with Crippen LogP contribution in [0, 0.1) is 19.3 Å². The van der Waals surface area contributed by atoms with Crippen LogP contribution in [-0.4, -0.2) is 14.5 Å². The standard InChI is InChI=1S/C19H13N3O/c1-3-14-9-10-22-12-16(20-17(22)11-14)18-13(2)23-21-19(18)15-7-5-4-6-8-15/h1,4-12H,2H3. The highest BCUT2D eigenvalue weighted by Crippen LogP contribution is 2.33. The highest BCUT2D eigenvalue weighted by Gasteiger charge is 2.19. The first kappa shape index (κ1) is 13.4. The van der Waals surface area contributed by atoms with Gasteiger partial charge in [0.2, 0.25) is 0 Å². The first-order valence-electron chi connectivity index (χ1n) is 7.23. The quantitative estimate of drug-likeness (QED) is 0.526. The Morgan fingerprint density at radius 3 is 2.78 bits per heavy atom. The molecule has 1 aromatic carbocycles. The number of hydrogen-bond donors (Lipinski definition) is 0. The van der Waals surface area contributed by atoms with Gasteiger partial charge in [0.15, 0.2) is 0 Å². The van der Waals surface area contributed by atoms with Gasteiger partial charge in [0.05, 0.1) is 11.3 Å². The maximum Gasteiger partial charge on any atom is 0.143 e. The minimum atomic E-state index is 0.740. The van der Waals surface area contributed by atoms with Gasteiger partial charge >= 0.3 is 0 Å². The molecule has 0 radical (unpaired) electrons. The minimum absolute atomic E-state index is 0.740. The molecule has 0 amide bonds. The Balaban J connectivity index is 1.92. The van der Waals surface area contributed by atoms with E-state index in [1.54, 1.807) is 0 Å². The van der Waals surface area contributed by atoms with E-state index in [-0.39, 0.29) is 0 Å². The molecule has 4 nitrogen and oxygen atoms in total. The Bertz CT molecular complexity index is 1040. The van der Waals surface area contributed by atoms with Crippen LogP contribution in [0.3, 0.4) is 0 Å². The van der Waals surface area contributed by atoms with Gasteiger partial charge < -0.3 is 8.92 Å². The molecule has 0 N–H and O–H groups in total. The molecule has 0 saturated heterocycles. The van der Waals surface area contributed by atoms with E-state index in [4.69, 9.17) is 10.9 Å². The molecule has 0 spiro atoms. The number of rotatable bonds is 2. The molecule has 0 atom stereocenters.